The average Bonchev–Trinajstić information content (AvgIpc) is 3.90. The number of benzene rings is 4. The van der Waals surface area contributed by atoms with E-state index >= 15 is 0 Å². The number of carbonyl (C=O) groups is 3. The first-order chi connectivity index (χ1) is 29.9. The standard InChI is InChI=1S/C48H52Cl2N6O6/c1-7-33(23-32(30-15-16-35(49)36(50)24-30)27-51-48(59)31-25-40(60-4)45(62-6)41(26-31)61-5)55-20-18-29(19-21-55)43(57)46-52-38-13-10-11-34(42(38)54-46)44(58)47-53-37-12-8-9-14-39(37)56(47)22-17-28(2)3/h8-17,24-26,29,32-33H,7,18-23,27H2,1-6H3,(H,51,59)(H,52,54). The highest BCUT2D eigenvalue weighted by Crippen LogP contribution is 2.38. The van der Waals surface area contributed by atoms with E-state index in [1.165, 1.54) is 21.3 Å². The maximum absolute atomic E-state index is 14.2. The zero-order valence-corrected chi connectivity index (χ0v) is 37.4. The molecule has 6 aromatic rings. The first-order valence-corrected chi connectivity index (χ1v) is 21.6. The van der Waals surface area contributed by atoms with Gasteiger partial charge in [-0.05, 0) is 107 Å². The van der Waals surface area contributed by atoms with Crippen LogP contribution in [0.5, 0.6) is 17.2 Å². The molecule has 1 amide bonds. The zero-order valence-electron chi connectivity index (χ0n) is 35.9. The molecule has 324 valence electrons. The van der Waals surface area contributed by atoms with Crippen molar-refractivity contribution < 1.29 is 28.6 Å². The Balaban J connectivity index is 1.05. The number of methoxy groups -OCH3 is 3. The van der Waals surface area contributed by atoms with Crippen molar-refractivity contribution in [2.75, 3.05) is 41.0 Å². The second kappa shape index (κ2) is 19.6. The summed E-state index contributed by atoms with van der Waals surface area (Å²) in [6, 6.07) is 22.1. The van der Waals surface area contributed by atoms with Gasteiger partial charge < -0.3 is 34.0 Å². The van der Waals surface area contributed by atoms with Gasteiger partial charge >= 0.3 is 0 Å². The maximum Gasteiger partial charge on any atom is 0.251 e. The van der Waals surface area contributed by atoms with Gasteiger partial charge in [-0.15, -0.1) is 0 Å². The molecule has 1 aliphatic heterocycles. The first kappa shape index (κ1) is 44.4. The number of imidazole rings is 2. The molecule has 2 aromatic heterocycles. The highest BCUT2D eigenvalue weighted by molar-refractivity contribution is 6.42. The van der Waals surface area contributed by atoms with Crippen molar-refractivity contribution in [3.8, 4) is 17.2 Å². The van der Waals surface area contributed by atoms with Crippen LogP contribution in [0.2, 0.25) is 10.0 Å². The van der Waals surface area contributed by atoms with Crippen molar-refractivity contribution in [2.24, 2.45) is 5.92 Å². The number of fused-ring (bicyclic) bond motifs is 2. The highest BCUT2D eigenvalue weighted by atomic mass is 35.5. The van der Waals surface area contributed by atoms with Crippen LogP contribution in [0.3, 0.4) is 0 Å². The van der Waals surface area contributed by atoms with Crippen molar-refractivity contribution in [1.82, 2.24) is 29.7 Å². The van der Waals surface area contributed by atoms with E-state index in [1.807, 2.05) is 60.9 Å². The Morgan fingerprint density at radius 1 is 0.903 bits per heavy atom. The number of para-hydroxylation sites is 3. The fourth-order valence-electron chi connectivity index (χ4n) is 8.42. The van der Waals surface area contributed by atoms with E-state index in [0.717, 1.165) is 35.0 Å². The fourth-order valence-corrected chi connectivity index (χ4v) is 8.72. The molecule has 12 nitrogen and oxygen atoms in total. The summed E-state index contributed by atoms with van der Waals surface area (Å²) in [4.78, 5) is 57.1. The third-order valence-electron chi connectivity index (χ3n) is 11.8. The van der Waals surface area contributed by atoms with Gasteiger partial charge in [0.2, 0.25) is 17.3 Å². The third kappa shape index (κ3) is 9.38. The number of Topliss-reactive ketones (excluding diaryl/α,β-unsaturated/α-hetero) is 1. The van der Waals surface area contributed by atoms with Crippen molar-refractivity contribution in [3.63, 3.8) is 0 Å². The number of carbonyl (C=O) groups excluding carboxylic acids is 3. The molecule has 2 N–H and O–H groups in total. The molecular formula is C48H52Cl2N6O6. The van der Waals surface area contributed by atoms with Crippen LogP contribution in [0, 0.1) is 5.92 Å². The summed E-state index contributed by atoms with van der Waals surface area (Å²) >= 11 is 12.8. The number of ketones is 2. The van der Waals surface area contributed by atoms with Crippen molar-refractivity contribution >= 4 is 62.7 Å². The number of H-pyrrole nitrogens is 1. The lowest BCUT2D eigenvalue weighted by Crippen LogP contribution is -2.44. The molecule has 14 heteroatoms. The van der Waals surface area contributed by atoms with Crippen LogP contribution in [-0.4, -0.2) is 88.9 Å². The van der Waals surface area contributed by atoms with E-state index in [4.69, 9.17) is 47.4 Å². The SMILES string of the molecule is CCC(CC(CNC(=O)c1cc(OC)c(OC)c(OC)c1)c1ccc(Cl)c(Cl)c1)N1CCC(C(=O)c2nc3c(C(=O)c4nc5ccccc5n4CC=C(C)C)cccc3[nH]2)CC1. The van der Waals surface area contributed by atoms with Gasteiger partial charge in [0, 0.05) is 36.5 Å². The van der Waals surface area contributed by atoms with Crippen LogP contribution < -0.4 is 19.5 Å². The van der Waals surface area contributed by atoms with E-state index in [-0.39, 0.29) is 41.2 Å². The predicted molar refractivity (Wildman–Crippen MR) is 244 cm³/mol. The van der Waals surface area contributed by atoms with Gasteiger partial charge in [0.15, 0.2) is 23.1 Å². The van der Waals surface area contributed by atoms with E-state index < -0.39 is 0 Å². The van der Waals surface area contributed by atoms with Crippen LogP contribution in [0.1, 0.15) is 95.1 Å². The fraction of sp³-hybridized carbons (Fsp3) is 0.354. The third-order valence-corrected chi connectivity index (χ3v) is 12.6. The lowest BCUT2D eigenvalue weighted by Gasteiger charge is -2.38. The van der Waals surface area contributed by atoms with Crippen LogP contribution in [0.15, 0.2) is 84.4 Å². The Morgan fingerprint density at radius 3 is 2.29 bits per heavy atom. The summed E-state index contributed by atoms with van der Waals surface area (Å²) in [6.45, 7) is 8.48. The van der Waals surface area contributed by atoms with Crippen molar-refractivity contribution in [2.45, 2.75) is 65.0 Å². The van der Waals surface area contributed by atoms with Crippen molar-refractivity contribution in [3.05, 3.63) is 123 Å². The Bertz CT molecular complexity index is 2620. The minimum Gasteiger partial charge on any atom is -0.493 e. The molecule has 2 unspecified atom stereocenters. The van der Waals surface area contributed by atoms with Crippen LogP contribution in [-0.2, 0) is 6.54 Å². The number of amides is 1. The van der Waals surface area contributed by atoms with Crippen LogP contribution in [0.25, 0.3) is 22.1 Å². The lowest BCUT2D eigenvalue weighted by molar-refractivity contribution is 0.0760. The highest BCUT2D eigenvalue weighted by Gasteiger charge is 2.32. The Kier molecular flexibility index (Phi) is 14.0. The molecule has 1 aliphatic rings. The van der Waals surface area contributed by atoms with Crippen LogP contribution in [0.4, 0.5) is 0 Å². The quantitative estimate of drug-likeness (QED) is 0.0677. The molecule has 0 radical (unpaired) electrons. The molecule has 1 saturated heterocycles. The van der Waals surface area contributed by atoms with Gasteiger partial charge in [0.05, 0.1) is 53.5 Å². The summed E-state index contributed by atoms with van der Waals surface area (Å²) in [5.74, 6) is 0.812. The smallest absolute Gasteiger partial charge is 0.251 e. The minimum absolute atomic E-state index is 0.0636. The topological polar surface area (TPSA) is 141 Å². The van der Waals surface area contributed by atoms with Crippen LogP contribution >= 0.6 is 23.2 Å². The molecule has 62 heavy (non-hydrogen) atoms. The summed E-state index contributed by atoms with van der Waals surface area (Å²) in [6.07, 6.45) is 4.97. The number of piperidine rings is 1. The molecule has 0 saturated carbocycles. The summed E-state index contributed by atoms with van der Waals surface area (Å²) in [5.41, 5.74) is 5.55. The van der Waals surface area contributed by atoms with Gasteiger partial charge in [-0.2, -0.15) is 0 Å². The Labute approximate surface area is 371 Å². The Hall–Kier alpha value is -5.69. The lowest BCUT2D eigenvalue weighted by atomic mass is 9.87. The largest absolute Gasteiger partial charge is 0.493 e. The minimum atomic E-state index is -0.289. The maximum atomic E-state index is 14.2. The Morgan fingerprint density at radius 2 is 1.63 bits per heavy atom. The van der Waals surface area contributed by atoms with Crippen molar-refractivity contribution in [1.29, 1.82) is 0 Å². The van der Waals surface area contributed by atoms with Gasteiger partial charge in [-0.25, -0.2) is 9.97 Å². The zero-order chi connectivity index (χ0) is 44.1. The average molecular weight is 880 g/mol. The summed E-state index contributed by atoms with van der Waals surface area (Å²) in [7, 11) is 4.53. The van der Waals surface area contributed by atoms with Gasteiger partial charge in [-0.3, -0.25) is 14.4 Å². The van der Waals surface area contributed by atoms with Gasteiger partial charge in [-0.1, -0.05) is 66.0 Å². The molecule has 0 bridgehead atoms. The van der Waals surface area contributed by atoms with E-state index in [9.17, 15) is 14.4 Å². The first-order valence-electron chi connectivity index (χ1n) is 20.9. The number of rotatable bonds is 17. The van der Waals surface area contributed by atoms with Gasteiger partial charge in [0.1, 0.15) is 5.52 Å². The predicted octanol–water partition coefficient (Wildman–Crippen LogP) is 9.72. The van der Waals surface area contributed by atoms with E-state index in [0.29, 0.717) is 94.3 Å². The number of aromatic nitrogens is 4. The number of aromatic amines is 1. The van der Waals surface area contributed by atoms with E-state index in [1.54, 1.807) is 30.3 Å². The molecule has 0 aliphatic carbocycles. The number of halogens is 2. The second-order valence-electron chi connectivity index (χ2n) is 15.9. The second-order valence-corrected chi connectivity index (χ2v) is 16.7. The number of allylic oxidation sites excluding steroid dienone is 2. The van der Waals surface area contributed by atoms with E-state index in [2.05, 4.69) is 28.2 Å². The molecule has 1 fully saturated rings. The normalized spacial score (nSPS) is 14.4. The number of nitrogens with one attached hydrogen (secondary N) is 2. The molecule has 2 atom stereocenters. The number of likely N-dealkylation sites (tertiary alicyclic amines) is 1. The molecule has 7 rings (SSSR count). The summed E-state index contributed by atoms with van der Waals surface area (Å²) < 4.78 is 18.3. The molecule has 3 heterocycles. The number of nitrogens with zero attached hydrogens (tertiary/aromatic N) is 4. The summed E-state index contributed by atoms with van der Waals surface area (Å²) in [5, 5.41) is 4.02. The number of ether oxygens (including phenoxy) is 3. The number of hydrogen-bond donors (Lipinski definition) is 2. The number of hydrogen-bond acceptors (Lipinski definition) is 9. The monoisotopic (exact) mass is 878 g/mol. The molecular weight excluding hydrogens is 827 g/mol. The molecule has 0 spiro atoms. The molecule has 4 aromatic carbocycles. The van der Waals surface area contributed by atoms with Gasteiger partial charge in [0.25, 0.3) is 5.91 Å².